The van der Waals surface area contributed by atoms with Gasteiger partial charge in [-0.05, 0) is 12.3 Å². The first-order chi connectivity index (χ1) is 7.00. The highest BCUT2D eigenvalue weighted by Crippen LogP contribution is 2.11. The summed E-state index contributed by atoms with van der Waals surface area (Å²) in [6.07, 6.45) is 3.31. The second-order valence-corrected chi connectivity index (χ2v) is 4.59. The molecule has 1 unspecified atom stereocenters. The predicted octanol–water partition coefficient (Wildman–Crippen LogP) is 1.85. The molecule has 0 rings (SSSR count). The van der Waals surface area contributed by atoms with Crippen LogP contribution in [0.5, 0.6) is 0 Å². The maximum atomic E-state index is 11.7. The van der Waals surface area contributed by atoms with Crippen LogP contribution < -0.4 is 11.1 Å². The van der Waals surface area contributed by atoms with Crippen LogP contribution in [0.4, 0.5) is 0 Å². The van der Waals surface area contributed by atoms with Crippen molar-refractivity contribution in [3.8, 4) is 0 Å². The van der Waals surface area contributed by atoms with Crippen molar-refractivity contribution in [2.24, 2.45) is 17.6 Å². The molecule has 0 radical (unpaired) electrons. The van der Waals surface area contributed by atoms with E-state index in [1.807, 2.05) is 13.8 Å². The Morgan fingerprint density at radius 3 is 2.40 bits per heavy atom. The van der Waals surface area contributed by atoms with Crippen molar-refractivity contribution in [3.63, 3.8) is 0 Å². The standard InChI is InChI=1S/C11H22N2OS/c1-4-5-6-7-13-11(14)9(8(2)3)10(12)15/h8-9H,4-7H2,1-3H3,(H2,12,15)(H,13,14). The zero-order chi connectivity index (χ0) is 11.8. The topological polar surface area (TPSA) is 55.1 Å². The van der Waals surface area contributed by atoms with Gasteiger partial charge in [-0.1, -0.05) is 45.8 Å². The number of carbonyl (C=O) groups is 1. The molecule has 3 N–H and O–H groups in total. The van der Waals surface area contributed by atoms with Crippen molar-refractivity contribution in [1.29, 1.82) is 0 Å². The predicted molar refractivity (Wildman–Crippen MR) is 67.6 cm³/mol. The van der Waals surface area contributed by atoms with Gasteiger partial charge in [0.1, 0.15) is 0 Å². The zero-order valence-electron chi connectivity index (χ0n) is 9.88. The lowest BCUT2D eigenvalue weighted by molar-refractivity contribution is -0.123. The largest absolute Gasteiger partial charge is 0.393 e. The van der Waals surface area contributed by atoms with E-state index in [0.717, 1.165) is 25.8 Å². The maximum absolute atomic E-state index is 11.7. The molecule has 0 heterocycles. The van der Waals surface area contributed by atoms with E-state index in [2.05, 4.69) is 12.2 Å². The SMILES string of the molecule is CCCCCNC(=O)C(C(N)=S)C(C)C. The van der Waals surface area contributed by atoms with Crippen LogP contribution in [0.2, 0.25) is 0 Å². The molecule has 15 heavy (non-hydrogen) atoms. The van der Waals surface area contributed by atoms with Crippen LogP contribution in [-0.2, 0) is 4.79 Å². The molecule has 0 aromatic heterocycles. The molecule has 0 aliphatic heterocycles. The van der Waals surface area contributed by atoms with Crippen molar-refractivity contribution in [2.75, 3.05) is 6.54 Å². The average Bonchev–Trinajstić information content (AvgIpc) is 2.11. The van der Waals surface area contributed by atoms with Crippen molar-refractivity contribution in [2.45, 2.75) is 40.0 Å². The normalized spacial score (nSPS) is 12.5. The highest BCUT2D eigenvalue weighted by atomic mass is 32.1. The lowest BCUT2D eigenvalue weighted by Crippen LogP contribution is -2.41. The minimum Gasteiger partial charge on any atom is -0.393 e. The van der Waals surface area contributed by atoms with Crippen LogP contribution in [0.15, 0.2) is 0 Å². The Kier molecular flexibility index (Phi) is 7.30. The van der Waals surface area contributed by atoms with Gasteiger partial charge in [-0.15, -0.1) is 0 Å². The molecule has 0 aromatic rings. The monoisotopic (exact) mass is 230 g/mol. The van der Waals surface area contributed by atoms with E-state index in [-0.39, 0.29) is 22.7 Å². The highest BCUT2D eigenvalue weighted by molar-refractivity contribution is 7.80. The van der Waals surface area contributed by atoms with Crippen molar-refractivity contribution in [3.05, 3.63) is 0 Å². The summed E-state index contributed by atoms with van der Waals surface area (Å²) >= 11 is 4.89. The minimum absolute atomic E-state index is 0.0337. The molecule has 0 bridgehead atoms. The smallest absolute Gasteiger partial charge is 0.230 e. The number of rotatable bonds is 7. The number of nitrogens with two attached hydrogens (primary N) is 1. The Hall–Kier alpha value is -0.640. The Bertz CT molecular complexity index is 217. The first-order valence-corrected chi connectivity index (χ1v) is 5.98. The first-order valence-electron chi connectivity index (χ1n) is 5.57. The molecule has 0 fully saturated rings. The Morgan fingerprint density at radius 2 is 2.00 bits per heavy atom. The summed E-state index contributed by atoms with van der Waals surface area (Å²) in [6, 6.07) is 0. The van der Waals surface area contributed by atoms with Crippen LogP contribution in [0.1, 0.15) is 40.0 Å². The van der Waals surface area contributed by atoms with Gasteiger partial charge in [0.05, 0.1) is 10.9 Å². The summed E-state index contributed by atoms with van der Waals surface area (Å²) in [5.41, 5.74) is 5.54. The van der Waals surface area contributed by atoms with Crippen LogP contribution in [-0.4, -0.2) is 17.4 Å². The van der Waals surface area contributed by atoms with E-state index in [4.69, 9.17) is 18.0 Å². The fraction of sp³-hybridized carbons (Fsp3) is 0.818. The summed E-state index contributed by atoms with van der Waals surface area (Å²) in [5, 5.41) is 2.87. The van der Waals surface area contributed by atoms with Crippen molar-refractivity contribution >= 4 is 23.1 Å². The third-order valence-electron chi connectivity index (χ3n) is 2.34. The molecule has 0 spiro atoms. The van der Waals surface area contributed by atoms with Gasteiger partial charge >= 0.3 is 0 Å². The van der Waals surface area contributed by atoms with Gasteiger partial charge in [-0.2, -0.15) is 0 Å². The molecule has 1 amide bonds. The van der Waals surface area contributed by atoms with Gasteiger partial charge in [0.2, 0.25) is 5.91 Å². The van der Waals surface area contributed by atoms with E-state index in [9.17, 15) is 4.79 Å². The summed E-state index contributed by atoms with van der Waals surface area (Å²) in [5.74, 6) is -0.205. The van der Waals surface area contributed by atoms with Gasteiger partial charge in [0.15, 0.2) is 0 Å². The molecular weight excluding hydrogens is 208 g/mol. The number of nitrogens with one attached hydrogen (secondary N) is 1. The van der Waals surface area contributed by atoms with E-state index in [0.29, 0.717) is 0 Å². The van der Waals surface area contributed by atoms with Gasteiger partial charge in [0.25, 0.3) is 0 Å². The summed E-state index contributed by atoms with van der Waals surface area (Å²) < 4.78 is 0. The molecule has 0 saturated heterocycles. The molecule has 4 heteroatoms. The summed E-state index contributed by atoms with van der Waals surface area (Å²) in [6.45, 7) is 6.76. The molecule has 0 aromatic carbocycles. The van der Waals surface area contributed by atoms with Crippen molar-refractivity contribution < 1.29 is 4.79 Å². The fourth-order valence-corrected chi connectivity index (χ4v) is 1.84. The number of unbranched alkanes of at least 4 members (excludes halogenated alkanes) is 2. The van der Waals surface area contributed by atoms with E-state index in [1.54, 1.807) is 0 Å². The summed E-state index contributed by atoms with van der Waals surface area (Å²) in [4.78, 5) is 12.0. The fourth-order valence-electron chi connectivity index (χ4n) is 1.46. The first kappa shape index (κ1) is 14.4. The quantitative estimate of drug-likeness (QED) is 0.518. The number of hydrogen-bond donors (Lipinski definition) is 2. The molecule has 0 aliphatic rings. The Labute approximate surface area is 97.8 Å². The lowest BCUT2D eigenvalue weighted by Gasteiger charge is -2.18. The number of hydrogen-bond acceptors (Lipinski definition) is 2. The van der Waals surface area contributed by atoms with Crippen LogP contribution in [0.3, 0.4) is 0 Å². The summed E-state index contributed by atoms with van der Waals surface area (Å²) in [7, 11) is 0. The van der Waals surface area contributed by atoms with Crippen LogP contribution in [0.25, 0.3) is 0 Å². The van der Waals surface area contributed by atoms with Gasteiger partial charge in [0, 0.05) is 6.54 Å². The highest BCUT2D eigenvalue weighted by Gasteiger charge is 2.24. The Morgan fingerprint density at radius 1 is 1.40 bits per heavy atom. The van der Waals surface area contributed by atoms with Gasteiger partial charge in [-0.3, -0.25) is 4.79 Å². The minimum atomic E-state index is -0.332. The van der Waals surface area contributed by atoms with Crippen molar-refractivity contribution in [1.82, 2.24) is 5.32 Å². The van der Waals surface area contributed by atoms with Crippen LogP contribution >= 0.6 is 12.2 Å². The second kappa shape index (κ2) is 7.63. The van der Waals surface area contributed by atoms with E-state index >= 15 is 0 Å². The van der Waals surface area contributed by atoms with Crippen LogP contribution in [0, 0.1) is 11.8 Å². The average molecular weight is 230 g/mol. The van der Waals surface area contributed by atoms with E-state index in [1.165, 1.54) is 0 Å². The number of amides is 1. The molecule has 0 aliphatic carbocycles. The molecule has 3 nitrogen and oxygen atoms in total. The lowest BCUT2D eigenvalue weighted by atomic mass is 9.95. The third-order valence-corrected chi connectivity index (χ3v) is 2.59. The zero-order valence-corrected chi connectivity index (χ0v) is 10.7. The molecule has 1 atom stereocenters. The number of carbonyl (C=O) groups excluding carboxylic acids is 1. The third kappa shape index (κ3) is 5.72. The molecule has 0 saturated carbocycles. The van der Waals surface area contributed by atoms with E-state index < -0.39 is 0 Å². The maximum Gasteiger partial charge on any atom is 0.230 e. The molecular formula is C11H22N2OS. The second-order valence-electron chi connectivity index (χ2n) is 4.12. The number of thiocarbonyl (C=S) groups is 1. The molecule has 88 valence electrons. The van der Waals surface area contributed by atoms with Gasteiger partial charge < -0.3 is 11.1 Å². The van der Waals surface area contributed by atoms with Gasteiger partial charge in [-0.25, -0.2) is 0 Å². The Balaban J connectivity index is 3.99.